The molecule has 202 valence electrons. The van der Waals surface area contributed by atoms with Crippen molar-refractivity contribution < 1.29 is 27.8 Å². The number of aliphatic hydroxyl groups excluding tert-OH is 1. The Bertz CT molecular complexity index is 1400. The van der Waals surface area contributed by atoms with Gasteiger partial charge >= 0.3 is 6.03 Å². The van der Waals surface area contributed by atoms with Crippen LogP contribution >= 0.6 is 0 Å². The molecule has 9 nitrogen and oxygen atoms in total. The van der Waals surface area contributed by atoms with Crippen molar-refractivity contribution in [2.45, 2.75) is 43.9 Å². The number of rotatable bonds is 8. The normalized spacial score (nSPS) is 14.8. The van der Waals surface area contributed by atoms with Gasteiger partial charge in [-0.1, -0.05) is 30.3 Å². The summed E-state index contributed by atoms with van der Waals surface area (Å²) in [6.07, 6.45) is -0.00351. The van der Waals surface area contributed by atoms with Crippen LogP contribution in [0.5, 0.6) is 17.2 Å². The van der Waals surface area contributed by atoms with Crippen LogP contribution in [0.1, 0.15) is 39.0 Å². The topological polar surface area (TPSA) is 117 Å². The monoisotopic (exact) mass is 539 g/mol. The zero-order valence-electron chi connectivity index (χ0n) is 21.9. The van der Waals surface area contributed by atoms with Gasteiger partial charge in [0.1, 0.15) is 28.4 Å². The van der Waals surface area contributed by atoms with E-state index in [0.717, 1.165) is 23.3 Å². The van der Waals surface area contributed by atoms with E-state index in [2.05, 4.69) is 10.0 Å². The molecule has 0 bridgehead atoms. The highest BCUT2D eigenvalue weighted by molar-refractivity contribution is 7.90. The molecule has 2 amide bonds. The first-order valence-electron chi connectivity index (χ1n) is 12.3. The van der Waals surface area contributed by atoms with Crippen molar-refractivity contribution in [2.24, 2.45) is 0 Å². The number of hydrogen-bond donors (Lipinski definition) is 3. The fourth-order valence-corrected chi connectivity index (χ4v) is 5.04. The summed E-state index contributed by atoms with van der Waals surface area (Å²) in [6, 6.07) is 18.4. The maximum atomic E-state index is 13.4. The number of methoxy groups -OCH3 is 1. The maximum Gasteiger partial charge on any atom is 0.329 e. The Labute approximate surface area is 223 Å². The first kappa shape index (κ1) is 27.4. The Balaban J connectivity index is 1.67. The second-order valence-corrected chi connectivity index (χ2v) is 11.8. The molecule has 1 unspecified atom stereocenters. The molecule has 1 saturated heterocycles. The standard InChI is InChI=1S/C28H33N3O6S/c1-28(2,3)29-27(33)30-38(34,35)25-18-21(26(32)31-15-6-16-31)11-14-24(25)37-23-8-5-7-20(17-23)19-9-12-22(36-4)13-10-19/h5,7-14,17-18,26,32H,6,15-16H2,1-4H3,(H2,29,30,33). The molecule has 0 saturated carbocycles. The molecular formula is C28H33N3O6S. The minimum Gasteiger partial charge on any atom is -0.497 e. The lowest BCUT2D eigenvalue weighted by Crippen LogP contribution is -2.48. The Morgan fingerprint density at radius 2 is 1.68 bits per heavy atom. The van der Waals surface area contributed by atoms with Crippen LogP contribution in [0.4, 0.5) is 4.79 Å². The summed E-state index contributed by atoms with van der Waals surface area (Å²) in [4.78, 5) is 14.0. The zero-order chi connectivity index (χ0) is 27.5. The predicted octanol–water partition coefficient (Wildman–Crippen LogP) is 4.64. The number of nitrogens with one attached hydrogen (secondary N) is 2. The van der Waals surface area contributed by atoms with Crippen LogP contribution in [0.15, 0.2) is 71.6 Å². The van der Waals surface area contributed by atoms with Gasteiger partial charge in [-0.25, -0.2) is 17.9 Å². The van der Waals surface area contributed by atoms with Crippen molar-refractivity contribution in [2.75, 3.05) is 20.2 Å². The quantitative estimate of drug-likeness (QED) is 0.382. The molecule has 3 aromatic carbocycles. The summed E-state index contributed by atoms with van der Waals surface area (Å²) < 4.78 is 40.0. The molecule has 1 aliphatic rings. The number of benzene rings is 3. The van der Waals surface area contributed by atoms with Gasteiger partial charge in [-0.05, 0) is 80.3 Å². The van der Waals surface area contributed by atoms with Gasteiger partial charge in [-0.2, -0.15) is 0 Å². The molecule has 0 radical (unpaired) electrons. The van der Waals surface area contributed by atoms with E-state index < -0.39 is 27.8 Å². The van der Waals surface area contributed by atoms with E-state index in [1.807, 2.05) is 35.2 Å². The lowest BCUT2D eigenvalue weighted by Gasteiger charge is -2.35. The van der Waals surface area contributed by atoms with Gasteiger partial charge in [0.25, 0.3) is 10.0 Å². The third-order valence-corrected chi connectivity index (χ3v) is 7.34. The summed E-state index contributed by atoms with van der Waals surface area (Å²) in [7, 11) is -2.75. The molecule has 4 rings (SSSR count). The first-order chi connectivity index (χ1) is 17.9. The smallest absolute Gasteiger partial charge is 0.329 e. The number of hydrogen-bond acceptors (Lipinski definition) is 7. The van der Waals surface area contributed by atoms with E-state index in [1.165, 1.54) is 12.1 Å². The molecule has 38 heavy (non-hydrogen) atoms. The number of amides is 2. The second-order valence-electron chi connectivity index (χ2n) is 10.1. The van der Waals surface area contributed by atoms with E-state index in [9.17, 15) is 18.3 Å². The van der Waals surface area contributed by atoms with Crippen LogP contribution < -0.4 is 19.5 Å². The number of ether oxygens (including phenoxy) is 2. The van der Waals surface area contributed by atoms with E-state index in [1.54, 1.807) is 52.1 Å². The summed E-state index contributed by atoms with van der Waals surface area (Å²) in [6.45, 7) is 6.66. The largest absolute Gasteiger partial charge is 0.497 e. The molecule has 1 atom stereocenters. The maximum absolute atomic E-state index is 13.4. The van der Waals surface area contributed by atoms with Crippen molar-refractivity contribution in [1.82, 2.24) is 14.9 Å². The number of carbonyl (C=O) groups is 1. The minimum absolute atomic E-state index is 0.0208. The van der Waals surface area contributed by atoms with Crippen molar-refractivity contribution in [1.29, 1.82) is 0 Å². The number of sulfonamides is 1. The number of nitrogens with zero attached hydrogens (tertiary/aromatic N) is 1. The van der Waals surface area contributed by atoms with Gasteiger partial charge in [-0.3, -0.25) is 4.90 Å². The SMILES string of the molecule is COc1ccc(-c2cccc(Oc3ccc(C(O)N4CCC4)cc3S(=O)(=O)NC(=O)NC(C)(C)C)c2)cc1. The summed E-state index contributed by atoms with van der Waals surface area (Å²) in [5.74, 6) is 1.16. The summed E-state index contributed by atoms with van der Waals surface area (Å²) in [5, 5.41) is 13.3. The number of carbonyl (C=O) groups excluding carboxylic acids is 1. The van der Waals surface area contributed by atoms with Crippen LogP contribution in [-0.2, 0) is 10.0 Å². The van der Waals surface area contributed by atoms with Crippen LogP contribution in [0.25, 0.3) is 11.1 Å². The lowest BCUT2D eigenvalue weighted by molar-refractivity contribution is -0.0366. The van der Waals surface area contributed by atoms with Gasteiger partial charge in [0, 0.05) is 18.6 Å². The van der Waals surface area contributed by atoms with Gasteiger partial charge in [-0.15, -0.1) is 0 Å². The van der Waals surface area contributed by atoms with Gasteiger partial charge < -0.3 is 19.9 Å². The van der Waals surface area contributed by atoms with Crippen molar-refractivity contribution in [3.8, 4) is 28.4 Å². The summed E-state index contributed by atoms with van der Waals surface area (Å²) in [5.41, 5.74) is 1.54. The van der Waals surface area contributed by atoms with Crippen molar-refractivity contribution in [3.63, 3.8) is 0 Å². The third-order valence-electron chi connectivity index (χ3n) is 5.99. The van der Waals surface area contributed by atoms with E-state index in [0.29, 0.717) is 24.4 Å². The lowest BCUT2D eigenvalue weighted by atomic mass is 10.1. The minimum atomic E-state index is -4.35. The van der Waals surface area contributed by atoms with Crippen LogP contribution in [0, 0.1) is 0 Å². The molecule has 0 aliphatic carbocycles. The Morgan fingerprint density at radius 1 is 0.974 bits per heavy atom. The molecule has 1 heterocycles. The fraction of sp³-hybridized carbons (Fsp3) is 0.321. The van der Waals surface area contributed by atoms with Gasteiger partial charge in [0.2, 0.25) is 0 Å². The van der Waals surface area contributed by atoms with Gasteiger partial charge in [0.05, 0.1) is 7.11 Å². The van der Waals surface area contributed by atoms with Crippen LogP contribution in [0.3, 0.4) is 0 Å². The number of likely N-dealkylation sites (tertiary alicyclic amines) is 1. The Hall–Kier alpha value is -3.60. The Morgan fingerprint density at radius 3 is 2.29 bits per heavy atom. The predicted molar refractivity (Wildman–Crippen MR) is 145 cm³/mol. The van der Waals surface area contributed by atoms with E-state index in [-0.39, 0.29) is 10.6 Å². The highest BCUT2D eigenvalue weighted by Gasteiger charge is 2.29. The molecule has 10 heteroatoms. The van der Waals surface area contributed by atoms with Crippen molar-refractivity contribution >= 4 is 16.1 Å². The Kier molecular flexibility index (Phi) is 7.96. The molecule has 1 aliphatic heterocycles. The molecule has 3 N–H and O–H groups in total. The highest BCUT2D eigenvalue weighted by atomic mass is 32.2. The molecule has 0 aromatic heterocycles. The zero-order valence-corrected chi connectivity index (χ0v) is 22.7. The molecule has 3 aromatic rings. The van der Waals surface area contributed by atoms with Crippen LogP contribution in [-0.4, -0.2) is 50.2 Å². The molecule has 1 fully saturated rings. The number of urea groups is 1. The average molecular weight is 540 g/mol. The molecular weight excluding hydrogens is 506 g/mol. The van der Waals surface area contributed by atoms with Crippen molar-refractivity contribution in [3.05, 3.63) is 72.3 Å². The average Bonchev–Trinajstić information content (AvgIpc) is 2.81. The first-order valence-corrected chi connectivity index (χ1v) is 13.8. The second kappa shape index (κ2) is 11.0. The van der Waals surface area contributed by atoms with Gasteiger partial charge in [0.15, 0.2) is 0 Å². The molecule has 0 spiro atoms. The van der Waals surface area contributed by atoms with E-state index >= 15 is 0 Å². The number of aliphatic hydroxyl groups is 1. The van der Waals surface area contributed by atoms with E-state index in [4.69, 9.17) is 9.47 Å². The fourth-order valence-electron chi connectivity index (χ4n) is 3.97. The summed E-state index contributed by atoms with van der Waals surface area (Å²) >= 11 is 0. The van der Waals surface area contributed by atoms with Crippen LogP contribution in [0.2, 0.25) is 0 Å². The highest BCUT2D eigenvalue weighted by Crippen LogP contribution is 2.35. The third kappa shape index (κ3) is 6.63.